The predicted molar refractivity (Wildman–Crippen MR) is 84.8 cm³/mol. The number of nitrogens with zero attached hydrogens (tertiary/aromatic N) is 2. The number of aryl methyl sites for hydroxylation is 2. The predicted octanol–water partition coefficient (Wildman–Crippen LogP) is 4.08. The van der Waals surface area contributed by atoms with Crippen LogP contribution in [0.5, 0.6) is 0 Å². The Kier molecular flexibility index (Phi) is 5.64. The summed E-state index contributed by atoms with van der Waals surface area (Å²) in [4.78, 5) is 0. The van der Waals surface area contributed by atoms with E-state index in [9.17, 15) is 0 Å². The lowest BCUT2D eigenvalue weighted by molar-refractivity contribution is 0.205. The van der Waals surface area contributed by atoms with Gasteiger partial charge in [-0.25, -0.2) is 0 Å². The first kappa shape index (κ1) is 15.6. The number of aromatic nitrogens is 2. The van der Waals surface area contributed by atoms with E-state index in [0.717, 1.165) is 30.6 Å². The van der Waals surface area contributed by atoms with Gasteiger partial charge < -0.3 is 5.32 Å². The highest BCUT2D eigenvalue weighted by Crippen LogP contribution is 2.38. The van der Waals surface area contributed by atoms with E-state index < -0.39 is 0 Å². The van der Waals surface area contributed by atoms with Crippen molar-refractivity contribution in [3.63, 3.8) is 0 Å². The van der Waals surface area contributed by atoms with Crippen molar-refractivity contribution in [1.29, 1.82) is 0 Å². The second-order valence-corrected chi connectivity index (χ2v) is 6.26. The smallest absolute Gasteiger partial charge is 0.0597 e. The van der Waals surface area contributed by atoms with Crippen molar-refractivity contribution in [2.75, 3.05) is 6.54 Å². The Morgan fingerprint density at radius 2 is 2.15 bits per heavy atom. The number of nitrogens with one attached hydrogen (secondary N) is 1. The Balaban J connectivity index is 2.21. The van der Waals surface area contributed by atoms with Gasteiger partial charge in [0.1, 0.15) is 0 Å². The van der Waals surface area contributed by atoms with Gasteiger partial charge in [-0.2, -0.15) is 5.10 Å². The molecular formula is C17H31N3. The maximum absolute atomic E-state index is 4.64. The van der Waals surface area contributed by atoms with Gasteiger partial charge in [0, 0.05) is 6.54 Å². The van der Waals surface area contributed by atoms with E-state index in [1.165, 1.54) is 37.8 Å². The van der Waals surface area contributed by atoms with E-state index in [-0.39, 0.29) is 0 Å². The molecule has 1 aromatic rings. The molecule has 0 amide bonds. The van der Waals surface area contributed by atoms with Crippen molar-refractivity contribution in [2.45, 2.75) is 72.4 Å². The van der Waals surface area contributed by atoms with Gasteiger partial charge in [0.05, 0.1) is 17.4 Å². The zero-order valence-corrected chi connectivity index (χ0v) is 13.7. The fourth-order valence-electron chi connectivity index (χ4n) is 3.81. The normalized spacial score (nSPS) is 24.8. The van der Waals surface area contributed by atoms with Crippen molar-refractivity contribution in [3.05, 3.63) is 17.5 Å². The number of rotatable bonds is 6. The van der Waals surface area contributed by atoms with Gasteiger partial charge >= 0.3 is 0 Å². The minimum atomic E-state index is 0.482. The van der Waals surface area contributed by atoms with Crippen molar-refractivity contribution < 1.29 is 0 Å². The second kappa shape index (κ2) is 7.26. The van der Waals surface area contributed by atoms with Crippen LogP contribution in [-0.2, 0) is 6.54 Å². The molecule has 0 bridgehead atoms. The van der Waals surface area contributed by atoms with Crippen LogP contribution in [0.4, 0.5) is 0 Å². The van der Waals surface area contributed by atoms with Crippen molar-refractivity contribution >= 4 is 0 Å². The van der Waals surface area contributed by atoms with E-state index >= 15 is 0 Å². The van der Waals surface area contributed by atoms with Gasteiger partial charge in [0.25, 0.3) is 0 Å². The average molecular weight is 277 g/mol. The Labute approximate surface area is 124 Å². The molecule has 0 saturated heterocycles. The topological polar surface area (TPSA) is 29.9 Å². The quantitative estimate of drug-likeness (QED) is 0.849. The molecule has 114 valence electrons. The highest BCUT2D eigenvalue weighted by Gasteiger charge is 2.30. The minimum absolute atomic E-state index is 0.482. The molecule has 2 rings (SSSR count). The van der Waals surface area contributed by atoms with E-state index in [2.05, 4.69) is 48.9 Å². The summed E-state index contributed by atoms with van der Waals surface area (Å²) < 4.78 is 2.19. The lowest BCUT2D eigenvalue weighted by atomic mass is 9.76. The zero-order valence-electron chi connectivity index (χ0n) is 13.7. The molecule has 0 aliphatic heterocycles. The molecule has 1 fully saturated rings. The average Bonchev–Trinajstić information content (AvgIpc) is 2.85. The van der Waals surface area contributed by atoms with Gasteiger partial charge in [0.2, 0.25) is 0 Å². The second-order valence-electron chi connectivity index (χ2n) is 6.26. The standard InChI is InChI=1S/C17H31N3/c1-5-14-9-8-10-15(12-14)17(18-6-2)16-11-13(4)19-20(16)7-3/h11,14-15,17-18H,5-10,12H2,1-4H3. The fraction of sp³-hybridized carbons (Fsp3) is 0.824. The molecule has 1 aliphatic carbocycles. The van der Waals surface area contributed by atoms with Gasteiger partial charge in [-0.15, -0.1) is 0 Å². The lowest BCUT2D eigenvalue weighted by Crippen LogP contribution is -2.33. The Bertz CT molecular complexity index is 410. The van der Waals surface area contributed by atoms with Crippen LogP contribution in [0.15, 0.2) is 6.07 Å². The molecule has 1 aromatic heterocycles. The first-order valence-electron chi connectivity index (χ1n) is 8.47. The van der Waals surface area contributed by atoms with Crippen LogP contribution >= 0.6 is 0 Å². The van der Waals surface area contributed by atoms with E-state index in [4.69, 9.17) is 0 Å². The van der Waals surface area contributed by atoms with Crippen molar-refractivity contribution in [3.8, 4) is 0 Å². The molecule has 0 aromatic carbocycles. The lowest BCUT2D eigenvalue weighted by Gasteiger charge is -2.35. The summed E-state index contributed by atoms with van der Waals surface area (Å²) in [5, 5.41) is 8.38. The molecule has 0 radical (unpaired) electrons. The Morgan fingerprint density at radius 3 is 2.80 bits per heavy atom. The summed E-state index contributed by atoms with van der Waals surface area (Å²) in [5.74, 6) is 1.70. The first-order valence-corrected chi connectivity index (χ1v) is 8.47. The van der Waals surface area contributed by atoms with Crippen LogP contribution < -0.4 is 5.32 Å². The molecular weight excluding hydrogens is 246 g/mol. The van der Waals surface area contributed by atoms with Crippen LogP contribution in [0.25, 0.3) is 0 Å². The summed E-state index contributed by atoms with van der Waals surface area (Å²) in [6, 6.07) is 2.77. The van der Waals surface area contributed by atoms with Gasteiger partial charge in [-0.1, -0.05) is 33.1 Å². The molecule has 3 unspecified atom stereocenters. The highest BCUT2D eigenvalue weighted by atomic mass is 15.3. The van der Waals surface area contributed by atoms with Crippen LogP contribution in [0.1, 0.15) is 70.3 Å². The van der Waals surface area contributed by atoms with Crippen LogP contribution in [0.3, 0.4) is 0 Å². The summed E-state index contributed by atoms with van der Waals surface area (Å²) in [6.45, 7) is 10.9. The molecule has 1 heterocycles. The molecule has 1 aliphatic rings. The SMILES string of the molecule is CCNC(c1cc(C)nn1CC)C1CCCC(CC)C1. The van der Waals surface area contributed by atoms with E-state index in [0.29, 0.717) is 6.04 Å². The first-order chi connectivity index (χ1) is 9.69. The summed E-state index contributed by atoms with van der Waals surface area (Å²) in [5.41, 5.74) is 2.54. The largest absolute Gasteiger partial charge is 0.309 e. The highest BCUT2D eigenvalue weighted by molar-refractivity contribution is 5.15. The molecule has 3 heteroatoms. The van der Waals surface area contributed by atoms with Gasteiger partial charge in [0.15, 0.2) is 0 Å². The van der Waals surface area contributed by atoms with Crippen LogP contribution in [0.2, 0.25) is 0 Å². The summed E-state index contributed by atoms with van der Waals surface area (Å²) in [7, 11) is 0. The zero-order chi connectivity index (χ0) is 14.5. The summed E-state index contributed by atoms with van der Waals surface area (Å²) in [6.07, 6.45) is 6.90. The molecule has 3 nitrogen and oxygen atoms in total. The van der Waals surface area contributed by atoms with Crippen LogP contribution in [0, 0.1) is 18.8 Å². The monoisotopic (exact) mass is 277 g/mol. The Morgan fingerprint density at radius 1 is 1.35 bits per heavy atom. The molecule has 3 atom stereocenters. The third kappa shape index (κ3) is 3.43. The molecule has 1 N–H and O–H groups in total. The van der Waals surface area contributed by atoms with Crippen molar-refractivity contribution in [2.24, 2.45) is 11.8 Å². The molecule has 20 heavy (non-hydrogen) atoms. The number of hydrogen-bond acceptors (Lipinski definition) is 2. The molecule has 1 saturated carbocycles. The number of hydrogen-bond donors (Lipinski definition) is 1. The maximum Gasteiger partial charge on any atom is 0.0597 e. The van der Waals surface area contributed by atoms with Gasteiger partial charge in [-0.05, 0) is 51.1 Å². The van der Waals surface area contributed by atoms with E-state index in [1.807, 2.05) is 0 Å². The third-order valence-electron chi connectivity index (χ3n) is 4.85. The summed E-state index contributed by atoms with van der Waals surface area (Å²) >= 11 is 0. The van der Waals surface area contributed by atoms with Crippen LogP contribution in [-0.4, -0.2) is 16.3 Å². The van der Waals surface area contributed by atoms with E-state index in [1.54, 1.807) is 0 Å². The minimum Gasteiger partial charge on any atom is -0.309 e. The van der Waals surface area contributed by atoms with Gasteiger partial charge in [-0.3, -0.25) is 4.68 Å². The Hall–Kier alpha value is -0.830. The van der Waals surface area contributed by atoms with Crippen molar-refractivity contribution in [1.82, 2.24) is 15.1 Å². The fourth-order valence-corrected chi connectivity index (χ4v) is 3.81. The third-order valence-corrected chi connectivity index (χ3v) is 4.85. The maximum atomic E-state index is 4.64. The molecule has 0 spiro atoms.